The second-order valence-electron chi connectivity index (χ2n) is 4.12. The predicted octanol–water partition coefficient (Wildman–Crippen LogP) is 0.349. The van der Waals surface area contributed by atoms with Crippen LogP contribution in [0.1, 0.15) is 12.8 Å². The highest BCUT2D eigenvalue weighted by molar-refractivity contribution is 4.84. The lowest BCUT2D eigenvalue weighted by Crippen LogP contribution is -2.53. The topological polar surface area (TPSA) is 58.7 Å². The fourth-order valence-electron chi connectivity index (χ4n) is 2.06. The second kappa shape index (κ2) is 6.53. The van der Waals surface area contributed by atoms with Crippen molar-refractivity contribution < 1.29 is 23.0 Å². The van der Waals surface area contributed by atoms with Crippen LogP contribution in [0.15, 0.2) is 0 Å². The summed E-state index contributed by atoms with van der Waals surface area (Å²) in [5, 5.41) is 8.58. The monoisotopic (exact) mass is 256 g/mol. The van der Waals surface area contributed by atoms with Crippen LogP contribution in [0.25, 0.3) is 0 Å². The van der Waals surface area contributed by atoms with Gasteiger partial charge in [0.05, 0.1) is 19.3 Å². The lowest BCUT2D eigenvalue weighted by Gasteiger charge is -2.37. The van der Waals surface area contributed by atoms with Crippen molar-refractivity contribution in [2.45, 2.75) is 31.2 Å². The van der Waals surface area contributed by atoms with E-state index in [-0.39, 0.29) is 19.3 Å². The molecule has 0 spiro atoms. The molecule has 7 heteroatoms. The number of piperidine rings is 1. The van der Waals surface area contributed by atoms with Crippen LogP contribution in [-0.2, 0) is 4.74 Å². The Hall–Kier alpha value is -0.370. The number of hydrogen-bond acceptors (Lipinski definition) is 4. The smallest absolute Gasteiger partial charge is 0.394 e. The number of hydrogen-bond donors (Lipinski definition) is 2. The lowest BCUT2D eigenvalue weighted by molar-refractivity contribution is -0.186. The Bertz CT molecular complexity index is 218. The number of nitrogens with zero attached hydrogens (tertiary/aromatic N) is 1. The highest BCUT2D eigenvalue weighted by Crippen LogP contribution is 2.27. The molecular formula is C10H19F3N2O2. The normalized spacial score (nSPS) is 21.7. The zero-order valence-electron chi connectivity index (χ0n) is 9.62. The minimum atomic E-state index is -4.27. The van der Waals surface area contributed by atoms with Crippen LogP contribution < -0.4 is 5.73 Å². The molecule has 3 N–H and O–H groups in total. The van der Waals surface area contributed by atoms with Gasteiger partial charge < -0.3 is 15.6 Å². The van der Waals surface area contributed by atoms with Gasteiger partial charge in [-0.1, -0.05) is 0 Å². The molecule has 1 rings (SSSR count). The minimum Gasteiger partial charge on any atom is -0.394 e. The molecule has 1 atom stereocenters. The van der Waals surface area contributed by atoms with E-state index >= 15 is 0 Å². The molecule has 0 aromatic rings. The van der Waals surface area contributed by atoms with Gasteiger partial charge in [-0.05, 0) is 12.8 Å². The zero-order valence-corrected chi connectivity index (χ0v) is 9.62. The zero-order chi connectivity index (χ0) is 12.9. The Morgan fingerprint density at radius 2 is 1.94 bits per heavy atom. The van der Waals surface area contributed by atoms with E-state index in [1.165, 1.54) is 4.90 Å². The van der Waals surface area contributed by atoms with Gasteiger partial charge >= 0.3 is 6.18 Å². The summed E-state index contributed by atoms with van der Waals surface area (Å²) in [6.45, 7) is 0.430. The van der Waals surface area contributed by atoms with Crippen molar-refractivity contribution in [1.82, 2.24) is 4.90 Å². The summed E-state index contributed by atoms with van der Waals surface area (Å²) in [6.07, 6.45) is -3.22. The van der Waals surface area contributed by atoms with Crippen LogP contribution in [0.2, 0.25) is 0 Å². The van der Waals surface area contributed by atoms with Crippen molar-refractivity contribution in [3.63, 3.8) is 0 Å². The van der Waals surface area contributed by atoms with E-state index in [9.17, 15) is 13.2 Å². The average molecular weight is 256 g/mol. The Balaban J connectivity index is 2.40. The fourth-order valence-corrected chi connectivity index (χ4v) is 2.06. The number of alkyl halides is 3. The SMILES string of the molecule is NCC(N1CCC(OCCO)CC1)C(F)(F)F. The largest absolute Gasteiger partial charge is 0.405 e. The predicted molar refractivity (Wildman–Crippen MR) is 56.5 cm³/mol. The van der Waals surface area contributed by atoms with Gasteiger partial charge in [0.1, 0.15) is 6.04 Å². The molecule has 4 nitrogen and oxygen atoms in total. The Labute approximate surface area is 98.5 Å². The van der Waals surface area contributed by atoms with Gasteiger partial charge in [0.25, 0.3) is 0 Å². The first-order chi connectivity index (χ1) is 7.99. The van der Waals surface area contributed by atoms with Crippen molar-refractivity contribution >= 4 is 0 Å². The third-order valence-corrected chi connectivity index (χ3v) is 2.96. The number of ether oxygens (including phenoxy) is 1. The maximum Gasteiger partial charge on any atom is 0.405 e. The average Bonchev–Trinajstić information content (AvgIpc) is 2.27. The molecule has 1 saturated heterocycles. The summed E-state index contributed by atoms with van der Waals surface area (Å²) in [4.78, 5) is 1.36. The molecule has 1 unspecified atom stereocenters. The standard InChI is InChI=1S/C10H19F3N2O2/c11-10(12,13)9(7-14)15-3-1-8(2-4-15)17-6-5-16/h8-9,16H,1-7,14H2. The number of likely N-dealkylation sites (tertiary alicyclic amines) is 1. The molecule has 102 valence electrons. The highest BCUT2D eigenvalue weighted by Gasteiger charge is 2.43. The third kappa shape index (κ3) is 4.42. The molecule has 0 saturated carbocycles. The molecule has 0 aromatic carbocycles. The van der Waals surface area contributed by atoms with Gasteiger partial charge in [0.2, 0.25) is 0 Å². The lowest BCUT2D eigenvalue weighted by atomic mass is 10.1. The number of aliphatic hydroxyl groups is 1. The summed E-state index contributed by atoms with van der Waals surface area (Å²) in [5.41, 5.74) is 5.18. The molecule has 17 heavy (non-hydrogen) atoms. The van der Waals surface area contributed by atoms with Crippen LogP contribution in [-0.4, -0.2) is 61.2 Å². The molecule has 0 amide bonds. The summed E-state index contributed by atoms with van der Waals surface area (Å²) < 4.78 is 43.1. The van der Waals surface area contributed by atoms with Crippen molar-refractivity contribution in [3.8, 4) is 0 Å². The van der Waals surface area contributed by atoms with Crippen LogP contribution in [0.4, 0.5) is 13.2 Å². The molecule has 0 radical (unpaired) electrons. The number of nitrogens with two attached hydrogens (primary N) is 1. The highest BCUT2D eigenvalue weighted by atomic mass is 19.4. The molecule has 1 aliphatic heterocycles. The van der Waals surface area contributed by atoms with Crippen molar-refractivity contribution in [1.29, 1.82) is 0 Å². The second-order valence-corrected chi connectivity index (χ2v) is 4.12. The van der Waals surface area contributed by atoms with Gasteiger partial charge in [0, 0.05) is 19.6 Å². The molecule has 0 aromatic heterocycles. The Morgan fingerprint density at radius 1 is 1.35 bits per heavy atom. The van der Waals surface area contributed by atoms with Crippen LogP contribution in [0.5, 0.6) is 0 Å². The van der Waals surface area contributed by atoms with E-state index in [0.717, 1.165) is 0 Å². The summed E-state index contributed by atoms with van der Waals surface area (Å²) >= 11 is 0. The van der Waals surface area contributed by atoms with Crippen LogP contribution in [0, 0.1) is 0 Å². The van der Waals surface area contributed by atoms with E-state index in [4.69, 9.17) is 15.6 Å². The van der Waals surface area contributed by atoms with Gasteiger partial charge in [-0.3, -0.25) is 4.90 Å². The van der Waals surface area contributed by atoms with E-state index in [2.05, 4.69) is 0 Å². The van der Waals surface area contributed by atoms with Gasteiger partial charge in [-0.25, -0.2) is 0 Å². The molecule has 0 bridgehead atoms. The van der Waals surface area contributed by atoms with E-state index in [1.54, 1.807) is 0 Å². The quantitative estimate of drug-likeness (QED) is 0.745. The van der Waals surface area contributed by atoms with Crippen LogP contribution >= 0.6 is 0 Å². The minimum absolute atomic E-state index is 0.0509. The van der Waals surface area contributed by atoms with E-state index in [1.807, 2.05) is 0 Å². The summed E-state index contributed by atoms with van der Waals surface area (Å²) in [5.74, 6) is 0. The first-order valence-electron chi connectivity index (χ1n) is 5.72. The van der Waals surface area contributed by atoms with Gasteiger partial charge in [-0.15, -0.1) is 0 Å². The number of aliphatic hydroxyl groups excluding tert-OH is 1. The molecular weight excluding hydrogens is 237 g/mol. The Morgan fingerprint density at radius 3 is 2.35 bits per heavy atom. The third-order valence-electron chi connectivity index (χ3n) is 2.96. The fraction of sp³-hybridized carbons (Fsp3) is 1.00. The molecule has 1 fully saturated rings. The van der Waals surface area contributed by atoms with E-state index in [0.29, 0.717) is 25.9 Å². The Kier molecular flexibility index (Phi) is 5.64. The summed E-state index contributed by atoms with van der Waals surface area (Å²) in [7, 11) is 0. The van der Waals surface area contributed by atoms with Crippen molar-refractivity contribution in [3.05, 3.63) is 0 Å². The molecule has 0 aliphatic carbocycles. The maximum absolute atomic E-state index is 12.6. The van der Waals surface area contributed by atoms with Gasteiger partial charge in [-0.2, -0.15) is 13.2 Å². The van der Waals surface area contributed by atoms with Gasteiger partial charge in [0.15, 0.2) is 0 Å². The van der Waals surface area contributed by atoms with Crippen LogP contribution in [0.3, 0.4) is 0 Å². The molecule has 1 heterocycles. The number of halogens is 3. The van der Waals surface area contributed by atoms with Crippen molar-refractivity contribution in [2.75, 3.05) is 32.8 Å². The van der Waals surface area contributed by atoms with Crippen molar-refractivity contribution in [2.24, 2.45) is 5.73 Å². The first-order valence-corrected chi connectivity index (χ1v) is 5.72. The molecule has 1 aliphatic rings. The summed E-state index contributed by atoms with van der Waals surface area (Å²) in [6, 6.07) is -1.55. The first kappa shape index (κ1) is 14.7. The van der Waals surface area contributed by atoms with E-state index < -0.39 is 18.8 Å². The maximum atomic E-state index is 12.6. The number of rotatable bonds is 5.